The molecule has 2 aliphatic rings. The number of nitrogens with zero attached hydrogens (tertiary/aromatic N) is 1. The molecule has 0 unspecified atom stereocenters. The summed E-state index contributed by atoms with van der Waals surface area (Å²) in [5, 5.41) is 3.76. The largest absolute Gasteiger partial charge is 0.451 e. The standard InChI is InChI=1S/C16H20N2O3.C14H25NO/c17-15(19)9-3-1-2-6-10-18-16(20)14-11-12-7-4-5-8-13(12)21-14;1-12-6-5-9-14(16)11-15(12)10-13-7-3-2-4-8-13/h4-5,7-8,11H,1-3,6,9-10H2,(H2,17,19)(H,18,20);12-13H,2-11H2,1H3/t;12-/m.1/s1. The third-order valence-corrected chi connectivity index (χ3v) is 7.58. The molecule has 1 aliphatic carbocycles. The summed E-state index contributed by atoms with van der Waals surface area (Å²) in [6, 6.07) is 9.90. The molecule has 37 heavy (non-hydrogen) atoms. The first kappa shape index (κ1) is 28.9. The van der Waals surface area contributed by atoms with Crippen LogP contribution >= 0.6 is 0 Å². The van der Waals surface area contributed by atoms with Crippen LogP contribution in [0.2, 0.25) is 0 Å². The number of benzene rings is 1. The number of likely N-dealkylation sites (tertiary alicyclic amines) is 1. The third kappa shape index (κ3) is 10.3. The third-order valence-electron chi connectivity index (χ3n) is 7.58. The number of para-hydroxylation sites is 1. The van der Waals surface area contributed by atoms with Gasteiger partial charge in [-0.3, -0.25) is 19.3 Å². The Balaban J connectivity index is 0.000000213. The molecule has 3 N–H and O–H groups in total. The lowest BCUT2D eigenvalue weighted by Crippen LogP contribution is -2.39. The molecule has 2 aromatic rings. The first-order valence-corrected chi connectivity index (χ1v) is 14.2. The Bertz CT molecular complexity index is 963. The topological polar surface area (TPSA) is 106 Å². The van der Waals surface area contributed by atoms with Crippen molar-refractivity contribution in [1.82, 2.24) is 10.2 Å². The summed E-state index contributed by atoms with van der Waals surface area (Å²) in [6.45, 7) is 4.79. The lowest BCUT2D eigenvalue weighted by atomic mass is 9.88. The van der Waals surface area contributed by atoms with E-state index in [1.807, 2.05) is 24.3 Å². The van der Waals surface area contributed by atoms with Crippen molar-refractivity contribution in [3.8, 4) is 0 Å². The minimum Gasteiger partial charge on any atom is -0.451 e. The van der Waals surface area contributed by atoms with Crippen molar-refractivity contribution in [3.63, 3.8) is 0 Å². The number of carbonyl (C=O) groups is 3. The molecule has 2 fully saturated rings. The molecule has 0 spiro atoms. The molecular formula is C30H45N3O4. The zero-order chi connectivity index (χ0) is 26.5. The van der Waals surface area contributed by atoms with E-state index in [-0.39, 0.29) is 11.8 Å². The maximum atomic E-state index is 11.9. The molecule has 1 aliphatic heterocycles. The van der Waals surface area contributed by atoms with Gasteiger partial charge in [0.25, 0.3) is 5.91 Å². The van der Waals surface area contributed by atoms with Crippen LogP contribution in [-0.4, -0.2) is 48.2 Å². The van der Waals surface area contributed by atoms with E-state index < -0.39 is 0 Å². The number of nitrogens with one attached hydrogen (secondary N) is 1. The number of fused-ring (bicyclic) bond motifs is 1. The Hall–Kier alpha value is -2.67. The van der Waals surface area contributed by atoms with E-state index in [0.29, 0.717) is 36.1 Å². The van der Waals surface area contributed by atoms with Crippen molar-refractivity contribution in [2.45, 2.75) is 96.4 Å². The predicted molar refractivity (Wildman–Crippen MR) is 147 cm³/mol. The second-order valence-corrected chi connectivity index (χ2v) is 10.7. The maximum Gasteiger partial charge on any atom is 0.287 e. The average molecular weight is 512 g/mol. The van der Waals surface area contributed by atoms with Crippen molar-refractivity contribution in [3.05, 3.63) is 36.1 Å². The summed E-state index contributed by atoms with van der Waals surface area (Å²) in [5.74, 6) is 1.21. The summed E-state index contributed by atoms with van der Waals surface area (Å²) >= 11 is 0. The molecule has 1 saturated heterocycles. The van der Waals surface area contributed by atoms with E-state index in [2.05, 4.69) is 17.1 Å². The molecule has 1 saturated carbocycles. The van der Waals surface area contributed by atoms with Crippen LogP contribution in [-0.2, 0) is 9.59 Å². The fourth-order valence-electron chi connectivity index (χ4n) is 5.35. The summed E-state index contributed by atoms with van der Waals surface area (Å²) < 4.78 is 5.49. The van der Waals surface area contributed by atoms with Crippen molar-refractivity contribution < 1.29 is 18.8 Å². The highest BCUT2D eigenvalue weighted by Crippen LogP contribution is 2.26. The quantitative estimate of drug-likeness (QED) is 0.403. The second kappa shape index (κ2) is 15.6. The second-order valence-electron chi connectivity index (χ2n) is 10.7. The van der Waals surface area contributed by atoms with Crippen LogP contribution in [0.1, 0.15) is 101 Å². The highest BCUT2D eigenvalue weighted by Gasteiger charge is 2.24. The van der Waals surface area contributed by atoms with Crippen LogP contribution in [0, 0.1) is 5.92 Å². The molecule has 7 nitrogen and oxygen atoms in total. The van der Waals surface area contributed by atoms with E-state index in [0.717, 1.165) is 56.4 Å². The first-order valence-electron chi connectivity index (χ1n) is 14.2. The van der Waals surface area contributed by atoms with E-state index >= 15 is 0 Å². The van der Waals surface area contributed by atoms with Gasteiger partial charge in [-0.25, -0.2) is 0 Å². The number of primary amides is 1. The molecule has 2 heterocycles. The summed E-state index contributed by atoms with van der Waals surface area (Å²) in [4.78, 5) is 36.6. The number of amides is 2. The molecular weight excluding hydrogens is 466 g/mol. The summed E-state index contributed by atoms with van der Waals surface area (Å²) in [7, 11) is 0. The normalized spacial score (nSPS) is 19.2. The minimum atomic E-state index is -0.256. The molecule has 0 radical (unpaired) electrons. The van der Waals surface area contributed by atoms with Gasteiger partial charge in [0.1, 0.15) is 11.4 Å². The molecule has 0 bridgehead atoms. The smallest absolute Gasteiger partial charge is 0.287 e. The average Bonchev–Trinajstić information content (AvgIpc) is 3.26. The van der Waals surface area contributed by atoms with Crippen molar-refractivity contribution in [1.29, 1.82) is 0 Å². The maximum absolute atomic E-state index is 11.9. The lowest BCUT2D eigenvalue weighted by Gasteiger charge is -2.32. The molecule has 1 aromatic heterocycles. The zero-order valence-corrected chi connectivity index (χ0v) is 22.5. The van der Waals surface area contributed by atoms with Crippen molar-refractivity contribution >= 4 is 28.6 Å². The molecule has 204 valence electrons. The van der Waals surface area contributed by atoms with Crippen LogP contribution in [0.3, 0.4) is 0 Å². The molecule has 2 amide bonds. The van der Waals surface area contributed by atoms with Crippen LogP contribution in [0.5, 0.6) is 0 Å². The number of carbonyl (C=O) groups excluding carboxylic acids is 3. The summed E-state index contributed by atoms with van der Waals surface area (Å²) in [6.07, 6.45) is 14.2. The fourth-order valence-corrected chi connectivity index (χ4v) is 5.35. The zero-order valence-electron chi connectivity index (χ0n) is 22.5. The number of unbranched alkanes of at least 4 members (excludes halogenated alkanes) is 3. The highest BCUT2D eigenvalue weighted by atomic mass is 16.3. The van der Waals surface area contributed by atoms with Crippen molar-refractivity contribution in [2.24, 2.45) is 11.7 Å². The van der Waals surface area contributed by atoms with E-state index in [1.165, 1.54) is 45.1 Å². The number of nitrogens with two attached hydrogens (primary N) is 1. The van der Waals surface area contributed by atoms with Gasteiger partial charge in [0.05, 0.1) is 6.54 Å². The highest BCUT2D eigenvalue weighted by molar-refractivity contribution is 5.96. The minimum absolute atomic E-state index is 0.191. The van der Waals surface area contributed by atoms with Crippen LogP contribution in [0.15, 0.2) is 34.7 Å². The molecule has 1 aromatic carbocycles. The lowest BCUT2D eigenvalue weighted by molar-refractivity contribution is -0.120. The van der Waals surface area contributed by atoms with Crippen LogP contribution < -0.4 is 11.1 Å². The number of rotatable bonds is 10. The number of furan rings is 1. The van der Waals surface area contributed by atoms with Gasteiger partial charge in [0, 0.05) is 37.4 Å². The number of ketones is 1. The Morgan fingerprint density at radius 3 is 2.54 bits per heavy atom. The number of hydrogen-bond acceptors (Lipinski definition) is 5. The van der Waals surface area contributed by atoms with Crippen LogP contribution in [0.25, 0.3) is 11.0 Å². The van der Waals surface area contributed by atoms with E-state index in [4.69, 9.17) is 10.2 Å². The van der Waals surface area contributed by atoms with E-state index in [1.54, 1.807) is 6.07 Å². The SMILES string of the molecule is C[C@@H]1CCCC(=O)CN1CC1CCCCC1.NC(=O)CCCCCCNC(=O)c1cc2ccccc2o1. The molecule has 7 heteroatoms. The Kier molecular flexibility index (Phi) is 12.1. The van der Waals surface area contributed by atoms with Gasteiger partial charge in [-0.15, -0.1) is 0 Å². The van der Waals surface area contributed by atoms with Gasteiger partial charge >= 0.3 is 0 Å². The summed E-state index contributed by atoms with van der Waals surface area (Å²) in [5.41, 5.74) is 5.78. The van der Waals surface area contributed by atoms with Gasteiger partial charge in [-0.1, -0.05) is 50.3 Å². The van der Waals surface area contributed by atoms with E-state index in [9.17, 15) is 14.4 Å². The van der Waals surface area contributed by atoms with Gasteiger partial charge in [0.15, 0.2) is 5.76 Å². The van der Waals surface area contributed by atoms with Gasteiger partial charge in [-0.05, 0) is 63.5 Å². The number of Topliss-reactive ketones (excluding diaryl/α,β-unsaturated/α-hetero) is 1. The van der Waals surface area contributed by atoms with Gasteiger partial charge < -0.3 is 15.5 Å². The molecule has 1 atom stereocenters. The first-order chi connectivity index (χ1) is 17.9. The van der Waals surface area contributed by atoms with Crippen LogP contribution in [0.4, 0.5) is 0 Å². The Morgan fingerprint density at radius 1 is 1.03 bits per heavy atom. The molecule has 4 rings (SSSR count). The van der Waals surface area contributed by atoms with Gasteiger partial charge in [0.2, 0.25) is 5.91 Å². The fraction of sp³-hybridized carbons (Fsp3) is 0.633. The van der Waals surface area contributed by atoms with Crippen molar-refractivity contribution in [2.75, 3.05) is 19.6 Å². The van der Waals surface area contributed by atoms with Gasteiger partial charge in [-0.2, -0.15) is 0 Å². The monoisotopic (exact) mass is 511 g/mol. The Morgan fingerprint density at radius 2 is 1.78 bits per heavy atom. The number of hydrogen-bond donors (Lipinski definition) is 2. The Labute approximate surface area is 221 Å². The predicted octanol–water partition coefficient (Wildman–Crippen LogP) is 5.61.